The van der Waals surface area contributed by atoms with Crippen LogP contribution in [0, 0.1) is 5.82 Å². The summed E-state index contributed by atoms with van der Waals surface area (Å²) in [5.41, 5.74) is 7.47. The number of halogens is 1. The maximum absolute atomic E-state index is 13.1. The predicted molar refractivity (Wildman–Crippen MR) is 120 cm³/mol. The molecule has 1 fully saturated rings. The molecule has 0 unspecified atom stereocenters. The summed E-state index contributed by atoms with van der Waals surface area (Å²) in [4.78, 5) is 19.0. The van der Waals surface area contributed by atoms with Crippen molar-refractivity contribution in [2.75, 3.05) is 38.3 Å². The highest BCUT2D eigenvalue weighted by Gasteiger charge is 2.32. The van der Waals surface area contributed by atoms with Crippen molar-refractivity contribution in [1.82, 2.24) is 14.7 Å². The molecule has 3 heterocycles. The summed E-state index contributed by atoms with van der Waals surface area (Å²) in [5.74, 6) is -0.202. The van der Waals surface area contributed by atoms with Crippen molar-refractivity contribution in [1.29, 1.82) is 0 Å². The molecule has 1 saturated heterocycles. The van der Waals surface area contributed by atoms with Gasteiger partial charge in [0.25, 0.3) is 5.91 Å². The van der Waals surface area contributed by atoms with Gasteiger partial charge in [-0.3, -0.25) is 4.79 Å². The number of rotatable bonds is 9. The number of nitrogens with one attached hydrogen (secondary N) is 1. The van der Waals surface area contributed by atoms with Gasteiger partial charge in [-0.1, -0.05) is 0 Å². The van der Waals surface area contributed by atoms with Gasteiger partial charge in [-0.25, -0.2) is 9.37 Å². The van der Waals surface area contributed by atoms with E-state index in [4.69, 9.17) is 15.2 Å². The van der Waals surface area contributed by atoms with Crippen molar-refractivity contribution in [3.63, 3.8) is 0 Å². The normalized spacial score (nSPS) is 18.6. The second-order valence-corrected chi connectivity index (χ2v) is 7.78. The van der Waals surface area contributed by atoms with Crippen molar-refractivity contribution < 1.29 is 18.7 Å². The number of methoxy groups -OCH3 is 1. The number of nitrogens with two attached hydrogens (primary N) is 1. The summed E-state index contributed by atoms with van der Waals surface area (Å²) in [6.07, 6.45) is 6.82. The lowest BCUT2D eigenvalue weighted by molar-refractivity contribution is 0.0610. The number of hydrogen-bond donors (Lipinski definition) is 2. The lowest BCUT2D eigenvalue weighted by Gasteiger charge is -2.41. The number of fused-ring (bicyclic) bond motifs is 1. The van der Waals surface area contributed by atoms with Crippen molar-refractivity contribution in [2.45, 2.75) is 25.0 Å². The Balaban J connectivity index is 1.59. The highest BCUT2D eigenvalue weighted by Crippen LogP contribution is 2.29. The Kier molecular flexibility index (Phi) is 6.87. The van der Waals surface area contributed by atoms with Crippen LogP contribution >= 0.6 is 0 Å². The maximum atomic E-state index is 13.1. The monoisotopic (exact) mass is 441 g/mol. The van der Waals surface area contributed by atoms with Gasteiger partial charge in [-0.2, -0.15) is 0 Å². The molecular formula is C23H28FN5O3. The van der Waals surface area contributed by atoms with Crippen LogP contribution in [-0.4, -0.2) is 60.8 Å². The summed E-state index contributed by atoms with van der Waals surface area (Å²) < 4.78 is 26.4. The lowest BCUT2D eigenvalue weighted by Crippen LogP contribution is -2.54. The van der Waals surface area contributed by atoms with Crippen LogP contribution < -0.4 is 20.7 Å². The third-order valence-corrected chi connectivity index (χ3v) is 5.82. The summed E-state index contributed by atoms with van der Waals surface area (Å²) in [6.45, 7) is 2.65. The number of pyridine rings is 1. The SMILES string of the molecule is CO[C@H]1CNCC[C@H]1N(CCCOc1ccc(F)cc1)c1ccn2ccnc2c1C(N)=O. The molecule has 2 atom stereocenters. The van der Waals surface area contributed by atoms with E-state index < -0.39 is 5.91 Å². The van der Waals surface area contributed by atoms with E-state index in [-0.39, 0.29) is 18.0 Å². The first-order chi connectivity index (χ1) is 15.6. The molecule has 1 aromatic carbocycles. The zero-order valence-corrected chi connectivity index (χ0v) is 18.0. The number of benzene rings is 1. The number of imidazole rings is 1. The van der Waals surface area contributed by atoms with Gasteiger partial charge < -0.3 is 29.8 Å². The second kappa shape index (κ2) is 9.97. The van der Waals surface area contributed by atoms with E-state index in [0.29, 0.717) is 36.5 Å². The van der Waals surface area contributed by atoms with E-state index in [9.17, 15) is 9.18 Å². The summed E-state index contributed by atoms with van der Waals surface area (Å²) in [5, 5.41) is 3.36. The molecular weight excluding hydrogens is 413 g/mol. The van der Waals surface area contributed by atoms with Gasteiger partial charge >= 0.3 is 0 Å². The summed E-state index contributed by atoms with van der Waals surface area (Å²) in [6, 6.07) is 7.93. The summed E-state index contributed by atoms with van der Waals surface area (Å²) >= 11 is 0. The molecule has 1 amide bonds. The molecule has 32 heavy (non-hydrogen) atoms. The van der Waals surface area contributed by atoms with E-state index in [2.05, 4.69) is 15.2 Å². The Hall–Kier alpha value is -3.17. The Morgan fingerprint density at radius 1 is 1.31 bits per heavy atom. The van der Waals surface area contributed by atoms with E-state index in [1.165, 1.54) is 12.1 Å². The largest absolute Gasteiger partial charge is 0.494 e. The number of aromatic nitrogens is 2. The quantitative estimate of drug-likeness (QED) is 0.495. The Bertz CT molecular complexity index is 1060. The smallest absolute Gasteiger partial charge is 0.254 e. The molecule has 8 nitrogen and oxygen atoms in total. The topological polar surface area (TPSA) is 94.1 Å². The average molecular weight is 442 g/mol. The minimum Gasteiger partial charge on any atom is -0.494 e. The molecule has 1 aliphatic rings. The van der Waals surface area contributed by atoms with Crippen molar-refractivity contribution >= 4 is 17.2 Å². The molecule has 3 aromatic rings. The number of hydrogen-bond acceptors (Lipinski definition) is 6. The molecule has 0 radical (unpaired) electrons. The molecule has 0 spiro atoms. The molecule has 0 aliphatic carbocycles. The lowest BCUT2D eigenvalue weighted by atomic mass is 9.99. The average Bonchev–Trinajstić information content (AvgIpc) is 3.28. The fraction of sp³-hybridized carbons (Fsp3) is 0.391. The van der Waals surface area contributed by atoms with E-state index in [1.54, 1.807) is 36.0 Å². The fourth-order valence-electron chi connectivity index (χ4n) is 4.29. The van der Waals surface area contributed by atoms with E-state index in [1.807, 2.05) is 12.3 Å². The Labute approximate surface area is 186 Å². The van der Waals surface area contributed by atoms with Crippen LogP contribution in [0.4, 0.5) is 10.1 Å². The fourth-order valence-corrected chi connectivity index (χ4v) is 4.29. The van der Waals surface area contributed by atoms with Gasteiger partial charge in [0.15, 0.2) is 5.65 Å². The van der Waals surface area contributed by atoms with Gasteiger partial charge in [0, 0.05) is 38.8 Å². The number of amides is 1. The minimum atomic E-state index is -0.521. The Morgan fingerprint density at radius 2 is 2.12 bits per heavy atom. The molecule has 170 valence electrons. The summed E-state index contributed by atoms with van der Waals surface area (Å²) in [7, 11) is 1.70. The van der Waals surface area contributed by atoms with Crippen LogP contribution in [0.5, 0.6) is 5.75 Å². The molecule has 3 N–H and O–H groups in total. The van der Waals surface area contributed by atoms with Gasteiger partial charge in [-0.05, 0) is 49.7 Å². The van der Waals surface area contributed by atoms with Crippen molar-refractivity contribution in [3.8, 4) is 5.75 Å². The van der Waals surface area contributed by atoms with Crippen LogP contribution in [0.2, 0.25) is 0 Å². The first kappa shape index (κ1) is 22.0. The van der Waals surface area contributed by atoms with Crippen LogP contribution in [0.3, 0.4) is 0 Å². The molecule has 9 heteroatoms. The van der Waals surface area contributed by atoms with Gasteiger partial charge in [0.05, 0.1) is 24.4 Å². The number of primary amides is 1. The van der Waals surface area contributed by atoms with Gasteiger partial charge in [0.1, 0.15) is 17.1 Å². The highest BCUT2D eigenvalue weighted by atomic mass is 19.1. The van der Waals surface area contributed by atoms with E-state index in [0.717, 1.165) is 25.2 Å². The molecule has 0 bridgehead atoms. The molecule has 0 saturated carbocycles. The standard InChI is InChI=1S/C23H28FN5O3/c1-31-20-15-26-9-7-18(20)29(11-2-14-32-17-5-3-16(24)4-6-17)19-8-12-28-13-10-27-23(28)21(19)22(25)30/h3-6,8,10,12-13,18,20,26H,2,7,9,11,14-15H2,1H3,(H2,25,30)/t18-,20+/m1/s1. The number of piperidine rings is 1. The number of carbonyl (C=O) groups excluding carboxylic acids is 1. The van der Waals surface area contributed by atoms with Crippen molar-refractivity contribution in [3.05, 3.63) is 60.3 Å². The van der Waals surface area contributed by atoms with Crippen LogP contribution in [-0.2, 0) is 4.74 Å². The number of carbonyl (C=O) groups is 1. The maximum Gasteiger partial charge on any atom is 0.254 e. The second-order valence-electron chi connectivity index (χ2n) is 7.78. The van der Waals surface area contributed by atoms with Crippen LogP contribution in [0.25, 0.3) is 5.65 Å². The van der Waals surface area contributed by atoms with Crippen LogP contribution in [0.15, 0.2) is 48.9 Å². The zero-order chi connectivity index (χ0) is 22.5. The Morgan fingerprint density at radius 3 is 2.88 bits per heavy atom. The molecule has 4 rings (SSSR count). The van der Waals surface area contributed by atoms with Crippen molar-refractivity contribution in [2.24, 2.45) is 5.73 Å². The van der Waals surface area contributed by atoms with E-state index >= 15 is 0 Å². The minimum absolute atomic E-state index is 0.0431. The predicted octanol–water partition coefficient (Wildman–Crippen LogP) is 2.22. The first-order valence-corrected chi connectivity index (χ1v) is 10.7. The third kappa shape index (κ3) is 4.68. The first-order valence-electron chi connectivity index (χ1n) is 10.7. The number of anilines is 1. The zero-order valence-electron chi connectivity index (χ0n) is 18.0. The third-order valence-electron chi connectivity index (χ3n) is 5.82. The number of nitrogens with zero attached hydrogens (tertiary/aromatic N) is 3. The molecule has 1 aliphatic heterocycles. The van der Waals surface area contributed by atoms with Gasteiger partial charge in [0.2, 0.25) is 0 Å². The van der Waals surface area contributed by atoms with Crippen LogP contribution in [0.1, 0.15) is 23.2 Å². The molecule has 2 aromatic heterocycles. The van der Waals surface area contributed by atoms with Gasteiger partial charge in [-0.15, -0.1) is 0 Å². The number of ether oxygens (including phenoxy) is 2. The highest BCUT2D eigenvalue weighted by molar-refractivity contribution is 6.04.